The third kappa shape index (κ3) is 2.96. The Kier molecular flexibility index (Phi) is 4.22. The van der Waals surface area contributed by atoms with Crippen LogP contribution in [0.3, 0.4) is 0 Å². The first-order valence-corrected chi connectivity index (χ1v) is 8.54. The van der Waals surface area contributed by atoms with Gasteiger partial charge in [0.2, 0.25) is 10.9 Å². The highest BCUT2D eigenvalue weighted by Gasteiger charge is 2.31. The fourth-order valence-electron chi connectivity index (χ4n) is 2.01. The van der Waals surface area contributed by atoms with Gasteiger partial charge >= 0.3 is 5.97 Å². The van der Waals surface area contributed by atoms with E-state index in [1.54, 1.807) is 11.8 Å². The first kappa shape index (κ1) is 14.4. The van der Waals surface area contributed by atoms with Crippen LogP contribution in [-0.2, 0) is 10.0 Å². The topological polar surface area (TPSA) is 87.8 Å². The molecular weight excluding hydrogens is 290 g/mol. The molecule has 0 bridgehead atoms. The Morgan fingerprint density at radius 1 is 1.42 bits per heavy atom. The molecule has 2 rings (SSSR count). The summed E-state index contributed by atoms with van der Waals surface area (Å²) in [6.45, 7) is 0.883. The molecule has 1 aliphatic heterocycles. The quantitative estimate of drug-likeness (QED) is 0.907. The second-order valence-electron chi connectivity index (χ2n) is 4.26. The Labute approximate surface area is 115 Å². The van der Waals surface area contributed by atoms with Crippen molar-refractivity contribution in [2.45, 2.75) is 23.2 Å². The molecule has 8 heteroatoms. The van der Waals surface area contributed by atoms with E-state index in [2.05, 4.69) is 0 Å². The Morgan fingerprint density at radius 3 is 2.53 bits per heavy atom. The zero-order valence-electron chi connectivity index (χ0n) is 10.4. The smallest absolute Gasteiger partial charge is 0.371 e. The van der Waals surface area contributed by atoms with Crippen molar-refractivity contribution in [2.75, 3.05) is 19.3 Å². The highest BCUT2D eigenvalue weighted by atomic mass is 32.2. The van der Waals surface area contributed by atoms with Crippen molar-refractivity contribution in [3.63, 3.8) is 0 Å². The highest BCUT2D eigenvalue weighted by molar-refractivity contribution is 7.99. The minimum atomic E-state index is -3.71. The molecule has 1 saturated heterocycles. The predicted molar refractivity (Wildman–Crippen MR) is 71.0 cm³/mol. The monoisotopic (exact) mass is 305 g/mol. The first-order chi connectivity index (χ1) is 8.95. The third-order valence-corrected chi connectivity index (χ3v) is 6.03. The van der Waals surface area contributed by atoms with Gasteiger partial charge in [-0.15, -0.1) is 0 Å². The van der Waals surface area contributed by atoms with Gasteiger partial charge in [-0.2, -0.15) is 16.1 Å². The van der Waals surface area contributed by atoms with Crippen LogP contribution >= 0.6 is 11.8 Å². The summed E-state index contributed by atoms with van der Waals surface area (Å²) in [6, 6.07) is 2.35. The van der Waals surface area contributed by atoms with Crippen molar-refractivity contribution in [3.05, 3.63) is 17.9 Å². The van der Waals surface area contributed by atoms with Gasteiger partial charge < -0.3 is 9.52 Å². The molecular formula is C11H15NO5S2. The minimum absolute atomic E-state index is 0.299. The van der Waals surface area contributed by atoms with Crippen molar-refractivity contribution in [3.8, 4) is 0 Å². The first-order valence-electron chi connectivity index (χ1n) is 5.81. The average Bonchev–Trinajstić information content (AvgIpc) is 2.89. The number of hydrogen-bond donors (Lipinski definition) is 1. The van der Waals surface area contributed by atoms with Gasteiger partial charge in [0.1, 0.15) is 0 Å². The molecule has 0 amide bonds. The molecule has 1 N–H and O–H groups in total. The Balaban J connectivity index is 2.16. The van der Waals surface area contributed by atoms with Crippen LogP contribution in [0.2, 0.25) is 0 Å². The summed E-state index contributed by atoms with van der Waals surface area (Å²) < 4.78 is 30.7. The molecule has 6 nitrogen and oxygen atoms in total. The van der Waals surface area contributed by atoms with E-state index in [1.165, 1.54) is 10.4 Å². The van der Waals surface area contributed by atoms with Gasteiger partial charge in [0, 0.05) is 18.3 Å². The maximum Gasteiger partial charge on any atom is 0.371 e. The number of rotatable bonds is 4. The normalized spacial score (nSPS) is 18.6. The number of carbonyl (C=O) groups is 1. The fraction of sp³-hybridized carbons (Fsp3) is 0.545. The van der Waals surface area contributed by atoms with E-state index < -0.39 is 16.0 Å². The van der Waals surface area contributed by atoms with Gasteiger partial charge in [-0.1, -0.05) is 0 Å². The molecule has 0 aromatic carbocycles. The van der Waals surface area contributed by atoms with Crippen LogP contribution in [0.5, 0.6) is 0 Å². The summed E-state index contributed by atoms with van der Waals surface area (Å²) in [4.78, 5) is 10.7. The summed E-state index contributed by atoms with van der Waals surface area (Å²) in [5, 5.41) is 8.92. The second-order valence-corrected chi connectivity index (χ2v) is 7.27. The van der Waals surface area contributed by atoms with Crippen LogP contribution in [0.1, 0.15) is 23.4 Å². The van der Waals surface area contributed by atoms with Crippen LogP contribution in [0.4, 0.5) is 0 Å². The van der Waals surface area contributed by atoms with Gasteiger partial charge in [-0.3, -0.25) is 0 Å². The lowest BCUT2D eigenvalue weighted by Gasteiger charge is -2.29. The van der Waals surface area contributed by atoms with E-state index in [9.17, 15) is 13.2 Å². The van der Waals surface area contributed by atoms with E-state index in [0.717, 1.165) is 18.9 Å². The Hall–Kier alpha value is -0.990. The van der Waals surface area contributed by atoms with E-state index >= 15 is 0 Å². The maximum atomic E-state index is 12.3. The van der Waals surface area contributed by atoms with Gasteiger partial charge in [-0.25, -0.2) is 13.2 Å². The number of carboxylic acids is 1. The molecule has 0 radical (unpaired) electrons. The lowest BCUT2D eigenvalue weighted by molar-refractivity contribution is 0.0656. The van der Waals surface area contributed by atoms with Crippen molar-refractivity contribution in [2.24, 2.45) is 0 Å². The van der Waals surface area contributed by atoms with Gasteiger partial charge in [0.05, 0.1) is 0 Å². The van der Waals surface area contributed by atoms with Crippen LogP contribution in [-0.4, -0.2) is 48.4 Å². The lowest BCUT2D eigenvalue weighted by Crippen LogP contribution is -2.39. The molecule has 1 fully saturated rings. The molecule has 1 aromatic rings. The summed E-state index contributed by atoms with van der Waals surface area (Å²) in [5.41, 5.74) is 0. The molecule has 0 spiro atoms. The summed E-state index contributed by atoms with van der Waals surface area (Å²) in [6.07, 6.45) is 3.61. The molecule has 1 aliphatic rings. The predicted octanol–water partition coefficient (Wildman–Crippen LogP) is 1.49. The van der Waals surface area contributed by atoms with Crippen LogP contribution in [0.25, 0.3) is 0 Å². The van der Waals surface area contributed by atoms with Crippen LogP contribution in [0, 0.1) is 0 Å². The van der Waals surface area contributed by atoms with Gasteiger partial charge in [0.15, 0.2) is 0 Å². The second kappa shape index (κ2) is 5.56. The SMILES string of the molecule is CSC1CCN(S(=O)(=O)c2ccc(C(=O)O)o2)CC1. The minimum Gasteiger partial charge on any atom is -0.475 e. The number of thioether (sulfide) groups is 1. The summed E-state index contributed by atoms with van der Waals surface area (Å²) >= 11 is 1.74. The van der Waals surface area contributed by atoms with E-state index in [4.69, 9.17) is 9.52 Å². The van der Waals surface area contributed by atoms with Crippen LogP contribution in [0.15, 0.2) is 21.6 Å². The molecule has 19 heavy (non-hydrogen) atoms. The standard InChI is InChI=1S/C11H15NO5S2/c1-18-8-4-6-12(7-5-8)19(15,16)10-3-2-9(17-10)11(13)14/h2-3,8H,4-7H2,1H3,(H,13,14). The zero-order valence-corrected chi connectivity index (χ0v) is 12.0. The zero-order chi connectivity index (χ0) is 14.0. The van der Waals surface area contributed by atoms with Gasteiger partial charge in [-0.05, 0) is 31.2 Å². The fourth-order valence-corrected chi connectivity index (χ4v) is 4.07. The number of furan rings is 1. The molecule has 0 unspecified atom stereocenters. The number of nitrogens with zero attached hydrogens (tertiary/aromatic N) is 1. The van der Waals surface area contributed by atoms with E-state index in [0.29, 0.717) is 18.3 Å². The number of carboxylic acid groups (broad SMARTS) is 1. The van der Waals surface area contributed by atoms with Gasteiger partial charge in [0.25, 0.3) is 10.0 Å². The molecule has 2 heterocycles. The number of sulfonamides is 1. The van der Waals surface area contributed by atoms with E-state index in [1.807, 2.05) is 6.26 Å². The third-order valence-electron chi connectivity index (χ3n) is 3.12. The average molecular weight is 305 g/mol. The highest BCUT2D eigenvalue weighted by Crippen LogP contribution is 2.26. The van der Waals surface area contributed by atoms with E-state index in [-0.39, 0.29) is 10.9 Å². The Bertz CT molecular complexity index is 557. The maximum absolute atomic E-state index is 12.3. The number of hydrogen-bond acceptors (Lipinski definition) is 5. The molecule has 0 aliphatic carbocycles. The molecule has 0 atom stereocenters. The lowest BCUT2D eigenvalue weighted by atomic mass is 10.2. The number of piperidine rings is 1. The summed E-state index contributed by atoms with van der Waals surface area (Å²) in [5.74, 6) is -1.64. The number of aromatic carboxylic acids is 1. The van der Waals surface area contributed by atoms with Crippen molar-refractivity contribution in [1.29, 1.82) is 0 Å². The molecule has 0 saturated carbocycles. The summed E-state index contributed by atoms with van der Waals surface area (Å²) in [7, 11) is -3.71. The molecule has 1 aromatic heterocycles. The van der Waals surface area contributed by atoms with Crippen molar-refractivity contribution in [1.82, 2.24) is 4.31 Å². The Morgan fingerprint density at radius 2 is 2.05 bits per heavy atom. The molecule has 106 valence electrons. The van der Waals surface area contributed by atoms with Crippen molar-refractivity contribution >= 4 is 27.8 Å². The largest absolute Gasteiger partial charge is 0.475 e. The van der Waals surface area contributed by atoms with Crippen LogP contribution < -0.4 is 0 Å². The van der Waals surface area contributed by atoms with Crippen molar-refractivity contribution < 1.29 is 22.7 Å².